The fourth-order valence-corrected chi connectivity index (χ4v) is 10.5. The van der Waals surface area contributed by atoms with E-state index in [9.17, 15) is 34.8 Å². The Labute approximate surface area is 260 Å². The average molecular weight is 679 g/mol. The predicted octanol–water partition coefficient (Wildman–Crippen LogP) is 12.7. The van der Waals surface area contributed by atoms with E-state index in [1.165, 1.54) is 18.2 Å². The van der Waals surface area contributed by atoms with Crippen molar-refractivity contribution < 1.29 is 34.8 Å². The second kappa shape index (κ2) is 18.3. The third-order valence-electron chi connectivity index (χ3n) is 7.14. The SMILES string of the molecule is CCCCCCCCCCSc1csc(-c2scc(S(=O)(=O)CCCCCCCCCC)c2C(F)(F)F)c1C(F)(F)F. The Kier molecular flexibility index (Phi) is 16.3. The van der Waals surface area contributed by atoms with Crippen LogP contribution in [0.1, 0.15) is 128 Å². The van der Waals surface area contributed by atoms with E-state index in [4.69, 9.17) is 0 Å². The molecule has 0 N–H and O–H groups in total. The number of hydrogen-bond donors (Lipinski definition) is 0. The number of unbranched alkanes of at least 4 members (excludes halogenated alkanes) is 14. The van der Waals surface area contributed by atoms with Gasteiger partial charge in [-0.3, -0.25) is 0 Å². The maximum absolute atomic E-state index is 14.3. The molecule has 0 amide bonds. The summed E-state index contributed by atoms with van der Waals surface area (Å²) in [4.78, 5) is -2.25. The van der Waals surface area contributed by atoms with Crippen LogP contribution in [-0.2, 0) is 22.2 Å². The Morgan fingerprint density at radius 1 is 0.619 bits per heavy atom. The number of halogens is 6. The normalized spacial score (nSPS) is 12.9. The minimum absolute atomic E-state index is 0.102. The minimum Gasteiger partial charge on any atom is -0.224 e. The highest BCUT2D eigenvalue weighted by Crippen LogP contribution is 2.53. The lowest BCUT2D eigenvalue weighted by Crippen LogP contribution is -2.15. The van der Waals surface area contributed by atoms with Gasteiger partial charge in [0.05, 0.1) is 31.5 Å². The summed E-state index contributed by atoms with van der Waals surface area (Å²) in [7, 11) is -4.33. The molecule has 12 heteroatoms. The number of alkyl halides is 6. The Hall–Kier alpha value is -0.720. The molecule has 0 aliphatic heterocycles. The second-order valence-corrected chi connectivity index (χ2v) is 15.7. The lowest BCUT2D eigenvalue weighted by Gasteiger charge is -2.14. The zero-order chi connectivity index (χ0) is 31.2. The van der Waals surface area contributed by atoms with Gasteiger partial charge in [-0.2, -0.15) is 26.3 Å². The summed E-state index contributed by atoms with van der Waals surface area (Å²) in [6, 6.07) is 0. The van der Waals surface area contributed by atoms with Crippen LogP contribution in [0.15, 0.2) is 20.6 Å². The highest BCUT2D eigenvalue weighted by Gasteiger charge is 2.45. The molecule has 0 radical (unpaired) electrons. The van der Waals surface area contributed by atoms with E-state index < -0.39 is 53.7 Å². The number of thiophene rings is 2. The Balaban J connectivity index is 2.17. The van der Waals surface area contributed by atoms with Crippen molar-refractivity contribution in [1.29, 1.82) is 0 Å². The van der Waals surface area contributed by atoms with E-state index in [2.05, 4.69) is 13.8 Å². The van der Waals surface area contributed by atoms with E-state index in [-0.39, 0.29) is 11.3 Å². The third-order valence-corrected chi connectivity index (χ3v) is 12.5. The lowest BCUT2D eigenvalue weighted by atomic mass is 10.1. The quantitative estimate of drug-likeness (QED) is 0.0749. The summed E-state index contributed by atoms with van der Waals surface area (Å²) in [5.41, 5.74) is -2.57. The third kappa shape index (κ3) is 12.0. The maximum atomic E-state index is 14.3. The smallest absolute Gasteiger partial charge is 0.224 e. The molecule has 2 rings (SSSR count). The summed E-state index contributed by atoms with van der Waals surface area (Å²) in [6.45, 7) is 4.25. The monoisotopic (exact) mass is 678 g/mol. The molecule has 0 spiro atoms. The largest absolute Gasteiger partial charge is 0.419 e. The standard InChI is InChI=1S/C30H44F6O2S4/c1-3-5-7-9-11-13-15-17-19-39-23-21-40-27(25(23)29(31,32)33)28-26(30(34,35)36)24(22-41-28)42(37,38)20-18-16-14-12-10-8-6-4-2/h21-22H,3-20H2,1-2H3. The topological polar surface area (TPSA) is 34.1 Å². The van der Waals surface area contributed by atoms with Crippen molar-refractivity contribution >= 4 is 44.3 Å². The number of hydrogen-bond acceptors (Lipinski definition) is 5. The highest BCUT2D eigenvalue weighted by atomic mass is 32.2. The van der Waals surface area contributed by atoms with Crippen LogP contribution >= 0.6 is 34.4 Å². The zero-order valence-electron chi connectivity index (χ0n) is 24.6. The van der Waals surface area contributed by atoms with Crippen molar-refractivity contribution in [3.63, 3.8) is 0 Å². The molecular weight excluding hydrogens is 635 g/mol. The van der Waals surface area contributed by atoms with Crippen LogP contribution < -0.4 is 0 Å². The van der Waals surface area contributed by atoms with E-state index in [0.717, 1.165) is 94.2 Å². The number of rotatable bonds is 21. The molecule has 242 valence electrons. The molecule has 2 nitrogen and oxygen atoms in total. The van der Waals surface area contributed by atoms with Crippen LogP contribution in [0.5, 0.6) is 0 Å². The van der Waals surface area contributed by atoms with Gasteiger partial charge in [0.2, 0.25) is 0 Å². The Bertz CT molecular complexity index is 1150. The van der Waals surface area contributed by atoms with Crippen LogP contribution in [-0.4, -0.2) is 19.9 Å². The fourth-order valence-electron chi connectivity index (χ4n) is 4.84. The van der Waals surface area contributed by atoms with Crippen molar-refractivity contribution in [2.24, 2.45) is 0 Å². The van der Waals surface area contributed by atoms with Gasteiger partial charge in [0.1, 0.15) is 0 Å². The summed E-state index contributed by atoms with van der Waals surface area (Å²) >= 11 is 2.03. The molecule has 0 aromatic carbocycles. The van der Waals surface area contributed by atoms with E-state index in [1.807, 2.05) is 0 Å². The molecule has 0 saturated heterocycles. The molecule has 2 aromatic heterocycles. The Morgan fingerprint density at radius 2 is 1.05 bits per heavy atom. The number of sulfone groups is 1. The maximum Gasteiger partial charge on any atom is 0.419 e. The molecule has 2 heterocycles. The second-order valence-electron chi connectivity index (χ2n) is 10.7. The van der Waals surface area contributed by atoms with E-state index in [0.29, 0.717) is 34.8 Å². The Morgan fingerprint density at radius 3 is 1.55 bits per heavy atom. The predicted molar refractivity (Wildman–Crippen MR) is 166 cm³/mol. The first kappa shape index (κ1) is 37.5. The molecule has 0 aliphatic rings. The summed E-state index contributed by atoms with van der Waals surface area (Å²) in [5.74, 6) is -0.0273. The van der Waals surface area contributed by atoms with Gasteiger partial charge in [-0.15, -0.1) is 34.4 Å². The first-order chi connectivity index (χ1) is 19.8. The molecule has 0 aliphatic carbocycles. The summed E-state index contributed by atoms with van der Waals surface area (Å²) in [5, 5.41) is 2.12. The van der Waals surface area contributed by atoms with Crippen LogP contribution in [0.3, 0.4) is 0 Å². The molecular formula is C30H44F6O2S4. The highest BCUT2D eigenvalue weighted by molar-refractivity contribution is 7.99. The van der Waals surface area contributed by atoms with Crippen molar-refractivity contribution in [3.8, 4) is 9.75 Å². The molecule has 0 atom stereocenters. The molecule has 0 unspecified atom stereocenters. The van der Waals surface area contributed by atoms with E-state index in [1.54, 1.807) is 0 Å². The zero-order valence-corrected chi connectivity index (χ0v) is 27.9. The van der Waals surface area contributed by atoms with Gasteiger partial charge in [0.25, 0.3) is 0 Å². The first-order valence-corrected chi connectivity index (χ1v) is 19.5. The van der Waals surface area contributed by atoms with Crippen molar-refractivity contribution in [2.45, 2.75) is 139 Å². The van der Waals surface area contributed by atoms with Crippen molar-refractivity contribution in [2.75, 3.05) is 11.5 Å². The van der Waals surface area contributed by atoms with Crippen LogP contribution in [0.4, 0.5) is 26.3 Å². The summed E-state index contributed by atoms with van der Waals surface area (Å²) < 4.78 is 111. The van der Waals surface area contributed by atoms with Crippen LogP contribution in [0.2, 0.25) is 0 Å². The van der Waals surface area contributed by atoms with Gasteiger partial charge in [0, 0.05) is 15.7 Å². The van der Waals surface area contributed by atoms with Gasteiger partial charge in [-0.1, -0.05) is 104 Å². The lowest BCUT2D eigenvalue weighted by molar-refractivity contribution is -0.141. The van der Waals surface area contributed by atoms with Gasteiger partial charge in [0.15, 0.2) is 9.84 Å². The van der Waals surface area contributed by atoms with Gasteiger partial charge >= 0.3 is 12.4 Å². The van der Waals surface area contributed by atoms with Gasteiger partial charge in [-0.25, -0.2) is 8.42 Å². The minimum atomic E-state index is -5.12. The van der Waals surface area contributed by atoms with Crippen molar-refractivity contribution in [1.82, 2.24) is 0 Å². The first-order valence-electron chi connectivity index (χ1n) is 15.1. The molecule has 0 fully saturated rings. The van der Waals surface area contributed by atoms with Crippen LogP contribution in [0, 0.1) is 0 Å². The molecule has 0 saturated carbocycles. The molecule has 0 bridgehead atoms. The summed E-state index contributed by atoms with van der Waals surface area (Å²) in [6.07, 6.45) is 5.30. The van der Waals surface area contributed by atoms with Gasteiger partial charge < -0.3 is 0 Å². The van der Waals surface area contributed by atoms with Crippen LogP contribution in [0.25, 0.3) is 9.75 Å². The number of thioether (sulfide) groups is 1. The average Bonchev–Trinajstić information content (AvgIpc) is 3.54. The fraction of sp³-hybridized carbons (Fsp3) is 0.733. The van der Waals surface area contributed by atoms with Crippen molar-refractivity contribution in [3.05, 3.63) is 21.9 Å². The molecule has 42 heavy (non-hydrogen) atoms. The van der Waals surface area contributed by atoms with E-state index >= 15 is 0 Å². The van der Waals surface area contributed by atoms with Gasteiger partial charge in [-0.05, 0) is 18.6 Å². The molecule has 2 aromatic rings.